The Balaban J connectivity index is 0.679. The van der Waals surface area contributed by atoms with Crippen LogP contribution in [0.2, 0.25) is 0 Å². The minimum Gasteiger partial charge on any atom is -0.457 e. The smallest absolute Gasteiger partial charge is 0.246 e. The molecule has 2 aromatic carbocycles. The highest BCUT2D eigenvalue weighted by atomic mass is 19.1. The van der Waals surface area contributed by atoms with E-state index < -0.39 is 11.6 Å². The van der Waals surface area contributed by atoms with Gasteiger partial charge in [0.25, 0.3) is 0 Å². The van der Waals surface area contributed by atoms with Gasteiger partial charge in [0.15, 0.2) is 46.2 Å². The average Bonchev–Trinajstić information content (AvgIpc) is 4.12. The van der Waals surface area contributed by atoms with E-state index >= 15 is 8.78 Å². The largest absolute Gasteiger partial charge is 0.457 e. The van der Waals surface area contributed by atoms with Crippen LogP contribution < -0.4 is 20.1 Å². The van der Waals surface area contributed by atoms with Crippen LogP contribution in [0.25, 0.3) is 50.6 Å². The maximum Gasteiger partial charge on any atom is 0.246 e. The van der Waals surface area contributed by atoms with E-state index in [1.165, 1.54) is 43.3 Å². The quantitative estimate of drug-likeness (QED) is 0.103. The molecule has 0 bridgehead atoms. The molecule has 2 amide bonds. The molecule has 10 heterocycles. The summed E-state index contributed by atoms with van der Waals surface area (Å²) in [7, 11) is 0. The van der Waals surface area contributed by atoms with Crippen molar-refractivity contribution in [1.82, 2.24) is 78.9 Å². The van der Waals surface area contributed by atoms with Crippen LogP contribution in [0.3, 0.4) is 0 Å². The standard InChI is InChI=1S/C54H42F2N18O4/c1-4-46(75)71-15-9-32(10-16-71)51-58-26-40-50(69-51)54(63-28-60-40)66-38-21-30(2)42(24-36(38)55)78-35-14-20-74-45(23-35)67-43(70-74)7-8-47(76)72-17-11-33(12-18-72)52-57-25-39-49(68-52)53(62-27-59-39)65-37-5-6-41(31(3)48(37)56)77-34-13-19-73-44(22-34)61-29-64-73/h4-9,11,13-14,19-29H,1,10,12,15-18H2,2-3H3,(H,59,62,65)(H,60,63,66). The van der Waals surface area contributed by atoms with Crippen LogP contribution in [-0.2, 0) is 9.59 Å². The second-order valence-corrected chi connectivity index (χ2v) is 18.0. The van der Waals surface area contributed by atoms with E-state index in [2.05, 4.69) is 67.3 Å². The zero-order valence-electron chi connectivity index (χ0n) is 41.5. The van der Waals surface area contributed by atoms with E-state index in [1.54, 1.807) is 99.9 Å². The summed E-state index contributed by atoms with van der Waals surface area (Å²) in [4.78, 5) is 73.4. The number of anilines is 4. The molecule has 0 atom stereocenters. The molecule has 2 N–H and O–H groups in total. The number of aryl methyl sites for hydroxylation is 1. The molecule has 2 aliphatic rings. The molecule has 0 aliphatic carbocycles. The minimum absolute atomic E-state index is 0.143. The molecule has 2 aliphatic heterocycles. The van der Waals surface area contributed by atoms with Gasteiger partial charge in [-0.25, -0.2) is 67.7 Å². The third kappa shape index (κ3) is 9.71. The van der Waals surface area contributed by atoms with Gasteiger partial charge in [-0.2, -0.15) is 5.10 Å². The van der Waals surface area contributed by atoms with Crippen molar-refractivity contribution in [2.24, 2.45) is 0 Å². The highest BCUT2D eigenvalue weighted by Crippen LogP contribution is 2.35. The second-order valence-electron chi connectivity index (χ2n) is 18.0. The molecule has 24 heteroatoms. The zero-order valence-corrected chi connectivity index (χ0v) is 41.5. The molecule has 0 spiro atoms. The number of benzene rings is 2. The van der Waals surface area contributed by atoms with Crippen LogP contribution in [0, 0.1) is 25.5 Å². The third-order valence-corrected chi connectivity index (χ3v) is 13.1. The van der Waals surface area contributed by atoms with Gasteiger partial charge in [-0.15, -0.1) is 5.10 Å². The zero-order chi connectivity index (χ0) is 53.4. The molecule has 0 unspecified atom stereocenters. The number of hydrogen-bond donors (Lipinski definition) is 2. The lowest BCUT2D eigenvalue weighted by Gasteiger charge is -2.25. The fraction of sp³-hybridized carbons (Fsp3) is 0.148. The van der Waals surface area contributed by atoms with Crippen LogP contribution in [0.5, 0.6) is 23.0 Å². The number of aromatic nitrogens is 14. The first-order valence-corrected chi connectivity index (χ1v) is 24.4. The van der Waals surface area contributed by atoms with Crippen LogP contribution in [0.1, 0.15) is 41.4 Å². The minimum atomic E-state index is -0.598. The molecule has 22 nitrogen and oxygen atoms in total. The highest BCUT2D eigenvalue weighted by Gasteiger charge is 2.22. The summed E-state index contributed by atoms with van der Waals surface area (Å²) < 4.78 is 46.9. The lowest BCUT2D eigenvalue weighted by Crippen LogP contribution is -2.33. The third-order valence-electron chi connectivity index (χ3n) is 13.1. The summed E-state index contributed by atoms with van der Waals surface area (Å²) in [6.45, 7) is 8.58. The number of nitrogens with zero attached hydrogens (tertiary/aromatic N) is 16. The number of pyridine rings is 2. The summed E-state index contributed by atoms with van der Waals surface area (Å²) in [6.07, 6.45) is 19.7. The number of hydrogen-bond acceptors (Lipinski definition) is 18. The molecule has 0 radical (unpaired) electrons. The Bertz CT molecular complexity index is 4180. The first-order valence-electron chi connectivity index (χ1n) is 24.4. The lowest BCUT2D eigenvalue weighted by atomic mass is 10.1. The van der Waals surface area contributed by atoms with Crippen molar-refractivity contribution in [2.75, 3.05) is 36.8 Å². The fourth-order valence-corrected chi connectivity index (χ4v) is 8.85. The maximum atomic E-state index is 15.8. The number of nitrogens with one attached hydrogen (secondary N) is 2. The monoisotopic (exact) mass is 1040 g/mol. The molecule has 386 valence electrons. The van der Waals surface area contributed by atoms with Gasteiger partial charge in [-0.3, -0.25) is 9.59 Å². The molecular weight excluding hydrogens is 1000 g/mol. The van der Waals surface area contributed by atoms with Gasteiger partial charge >= 0.3 is 0 Å². The lowest BCUT2D eigenvalue weighted by molar-refractivity contribution is -0.126. The van der Waals surface area contributed by atoms with Crippen molar-refractivity contribution in [2.45, 2.75) is 26.7 Å². The Kier molecular flexibility index (Phi) is 12.6. The van der Waals surface area contributed by atoms with Crippen LogP contribution in [0.15, 0.2) is 123 Å². The van der Waals surface area contributed by atoms with E-state index in [-0.39, 0.29) is 46.1 Å². The molecule has 12 rings (SSSR count). The van der Waals surface area contributed by atoms with Gasteiger partial charge in [0.05, 0.1) is 23.8 Å². The van der Waals surface area contributed by atoms with Crippen molar-refractivity contribution in [3.05, 3.63) is 163 Å². The summed E-state index contributed by atoms with van der Waals surface area (Å²) in [6, 6.07) is 12.9. The predicted molar refractivity (Wildman–Crippen MR) is 283 cm³/mol. The Morgan fingerprint density at radius 3 is 1.95 bits per heavy atom. The SMILES string of the molecule is C=CC(=O)N1CC=C(c2ncc3ncnc(Nc4cc(C)c(Oc5ccn6nc(C=CC(=O)N7CC=C(c8ncc9ncnc(Nc%10ccc(Oc%11ccn%12ncnc%12c%11)c(C)c%10F)c9n8)CC7)nc6c5)cc4F)c3n2)CC1. The Hall–Kier alpha value is -10.5. The normalized spacial score (nSPS) is 13.8. The number of ether oxygens (including phenoxy) is 2. The maximum absolute atomic E-state index is 15.8. The summed E-state index contributed by atoms with van der Waals surface area (Å²) >= 11 is 0. The van der Waals surface area contributed by atoms with E-state index in [4.69, 9.17) is 19.4 Å². The molecule has 10 aromatic rings. The average molecular weight is 1050 g/mol. The summed E-state index contributed by atoms with van der Waals surface area (Å²) in [5.41, 5.74) is 5.66. The predicted octanol–water partition coefficient (Wildman–Crippen LogP) is 8.34. The van der Waals surface area contributed by atoms with Crippen LogP contribution in [-0.4, -0.2) is 117 Å². The molecule has 0 saturated heterocycles. The van der Waals surface area contributed by atoms with E-state index in [9.17, 15) is 9.59 Å². The van der Waals surface area contributed by atoms with Crippen molar-refractivity contribution in [3.8, 4) is 23.0 Å². The topological polar surface area (TPSA) is 247 Å². The summed E-state index contributed by atoms with van der Waals surface area (Å²) in [5.74, 6) is 1.73. The first kappa shape index (κ1) is 48.4. The summed E-state index contributed by atoms with van der Waals surface area (Å²) in [5, 5.41) is 14.7. The van der Waals surface area contributed by atoms with Crippen molar-refractivity contribution >= 4 is 85.4 Å². The Morgan fingerprint density at radius 1 is 0.667 bits per heavy atom. The molecule has 0 saturated carbocycles. The number of amides is 2. The number of rotatable bonds is 13. The number of carbonyl (C=O) groups excluding carboxylic acids is 2. The molecular formula is C54H42F2N18O4. The van der Waals surface area contributed by atoms with Gasteiger partial charge in [0.1, 0.15) is 69.9 Å². The van der Waals surface area contributed by atoms with Crippen molar-refractivity contribution < 1.29 is 27.8 Å². The molecule has 8 aromatic heterocycles. The van der Waals surface area contributed by atoms with Crippen LogP contribution >= 0.6 is 0 Å². The number of halogens is 2. The second kappa shape index (κ2) is 20.3. The van der Waals surface area contributed by atoms with Crippen LogP contribution in [0.4, 0.5) is 31.8 Å². The Labute approximate surface area is 440 Å². The highest BCUT2D eigenvalue weighted by molar-refractivity contribution is 5.93. The van der Waals surface area contributed by atoms with Gasteiger partial charge in [0, 0.05) is 68.4 Å². The number of fused-ring (bicyclic) bond motifs is 4. The van der Waals surface area contributed by atoms with Gasteiger partial charge < -0.3 is 29.9 Å². The van der Waals surface area contributed by atoms with Gasteiger partial charge in [-0.05, 0) is 85.9 Å². The van der Waals surface area contributed by atoms with E-state index in [0.29, 0.717) is 113 Å². The van der Waals surface area contributed by atoms with E-state index in [1.807, 2.05) is 12.2 Å². The Morgan fingerprint density at radius 2 is 1.29 bits per heavy atom. The van der Waals surface area contributed by atoms with E-state index in [0.717, 1.165) is 11.1 Å². The molecule has 0 fully saturated rings. The first-order chi connectivity index (χ1) is 38.0. The van der Waals surface area contributed by atoms with Crippen molar-refractivity contribution in [1.29, 1.82) is 0 Å². The number of carbonyl (C=O) groups is 2. The van der Waals surface area contributed by atoms with Crippen molar-refractivity contribution in [3.63, 3.8) is 0 Å². The fourth-order valence-electron chi connectivity index (χ4n) is 8.85. The molecule has 78 heavy (non-hydrogen) atoms. The van der Waals surface area contributed by atoms with Gasteiger partial charge in [0.2, 0.25) is 11.8 Å². The van der Waals surface area contributed by atoms with Gasteiger partial charge in [-0.1, -0.05) is 18.7 Å².